The molecule has 2 atom stereocenters. The van der Waals surface area contributed by atoms with Crippen LogP contribution in [-0.2, 0) is 6.42 Å². The third kappa shape index (κ3) is 1.46. The number of aliphatic hydroxyl groups is 1. The van der Waals surface area contributed by atoms with Crippen LogP contribution in [0.1, 0.15) is 17.2 Å². The first-order valence-corrected chi connectivity index (χ1v) is 4.86. The third-order valence-corrected chi connectivity index (χ3v) is 2.85. The molecule has 0 bridgehead atoms. The first kappa shape index (κ1) is 10.3. The molecule has 0 fully saturated rings. The molecule has 82 valence electrons. The number of nitrogens with two attached hydrogens (primary N) is 1. The van der Waals surface area contributed by atoms with E-state index in [-0.39, 0.29) is 6.04 Å². The average Bonchev–Trinajstić information content (AvgIpc) is 2.54. The summed E-state index contributed by atoms with van der Waals surface area (Å²) in [6.07, 6.45) is 0.0245. The predicted molar refractivity (Wildman–Crippen MR) is 56.2 cm³/mol. The van der Waals surface area contributed by atoms with E-state index in [1.807, 2.05) is 6.07 Å². The SMILES string of the molecule is COc1ccc2c(c1OC)C[C@@H](N)[C@@H]2O. The molecule has 2 rings (SSSR count). The van der Waals surface area contributed by atoms with Gasteiger partial charge in [-0.25, -0.2) is 0 Å². The molecule has 0 aliphatic heterocycles. The highest BCUT2D eigenvalue weighted by Gasteiger charge is 2.31. The number of rotatable bonds is 2. The van der Waals surface area contributed by atoms with E-state index in [1.54, 1.807) is 20.3 Å². The topological polar surface area (TPSA) is 64.7 Å². The Balaban J connectivity index is 2.54. The van der Waals surface area contributed by atoms with E-state index in [4.69, 9.17) is 15.2 Å². The van der Waals surface area contributed by atoms with Gasteiger partial charge in [0.15, 0.2) is 11.5 Å². The maximum absolute atomic E-state index is 9.81. The molecule has 0 heterocycles. The zero-order valence-corrected chi connectivity index (χ0v) is 8.86. The molecule has 0 amide bonds. The Morgan fingerprint density at radius 3 is 2.67 bits per heavy atom. The summed E-state index contributed by atoms with van der Waals surface area (Å²) in [6.45, 7) is 0. The van der Waals surface area contributed by atoms with Gasteiger partial charge in [0, 0.05) is 11.6 Å². The van der Waals surface area contributed by atoms with Crippen molar-refractivity contribution in [3.63, 3.8) is 0 Å². The standard InChI is InChI=1S/C11H15NO3/c1-14-9-4-3-6-7(11(9)15-2)5-8(12)10(6)13/h3-4,8,10,13H,5,12H2,1-2H3/t8-,10-/m1/s1. The molecule has 1 aromatic carbocycles. The highest BCUT2D eigenvalue weighted by atomic mass is 16.5. The van der Waals surface area contributed by atoms with E-state index < -0.39 is 6.10 Å². The molecule has 15 heavy (non-hydrogen) atoms. The first-order chi connectivity index (χ1) is 7.19. The van der Waals surface area contributed by atoms with Gasteiger partial charge in [0.25, 0.3) is 0 Å². The number of benzene rings is 1. The lowest BCUT2D eigenvalue weighted by Crippen LogP contribution is -2.24. The number of hydrogen-bond donors (Lipinski definition) is 2. The molecular formula is C11H15NO3. The van der Waals surface area contributed by atoms with Crippen molar-refractivity contribution < 1.29 is 14.6 Å². The molecule has 0 unspecified atom stereocenters. The molecule has 4 nitrogen and oxygen atoms in total. The largest absolute Gasteiger partial charge is 0.493 e. The van der Waals surface area contributed by atoms with Crippen molar-refractivity contribution in [2.45, 2.75) is 18.6 Å². The first-order valence-electron chi connectivity index (χ1n) is 4.86. The van der Waals surface area contributed by atoms with Gasteiger partial charge in [-0.3, -0.25) is 0 Å². The van der Waals surface area contributed by atoms with Crippen molar-refractivity contribution in [1.82, 2.24) is 0 Å². The number of methoxy groups -OCH3 is 2. The van der Waals surface area contributed by atoms with Crippen LogP contribution in [0.5, 0.6) is 11.5 Å². The van der Waals surface area contributed by atoms with Gasteiger partial charge >= 0.3 is 0 Å². The zero-order valence-electron chi connectivity index (χ0n) is 8.86. The predicted octanol–water partition coefficient (Wildman–Crippen LogP) is 0.621. The lowest BCUT2D eigenvalue weighted by Gasteiger charge is -2.12. The molecule has 1 aliphatic rings. The van der Waals surface area contributed by atoms with Gasteiger partial charge in [-0.05, 0) is 18.1 Å². The van der Waals surface area contributed by atoms with Crippen LogP contribution in [0.3, 0.4) is 0 Å². The lowest BCUT2D eigenvalue weighted by molar-refractivity contribution is 0.159. The summed E-state index contributed by atoms with van der Waals surface area (Å²) in [5.41, 5.74) is 7.60. The van der Waals surface area contributed by atoms with Crippen LogP contribution in [0, 0.1) is 0 Å². The van der Waals surface area contributed by atoms with Gasteiger partial charge in [-0.2, -0.15) is 0 Å². The molecule has 1 aromatic rings. The van der Waals surface area contributed by atoms with E-state index in [9.17, 15) is 5.11 Å². The highest BCUT2D eigenvalue weighted by molar-refractivity contribution is 5.54. The van der Waals surface area contributed by atoms with Crippen LogP contribution in [0.2, 0.25) is 0 Å². The van der Waals surface area contributed by atoms with E-state index >= 15 is 0 Å². The summed E-state index contributed by atoms with van der Waals surface area (Å²) in [5.74, 6) is 1.36. The van der Waals surface area contributed by atoms with E-state index in [0.717, 1.165) is 11.1 Å². The van der Waals surface area contributed by atoms with Crippen LogP contribution in [0.25, 0.3) is 0 Å². The quantitative estimate of drug-likeness (QED) is 0.749. The Labute approximate surface area is 88.6 Å². The number of hydrogen-bond acceptors (Lipinski definition) is 4. The Kier molecular flexibility index (Phi) is 2.54. The Bertz CT molecular complexity index is 378. The Morgan fingerprint density at radius 1 is 1.33 bits per heavy atom. The molecule has 0 saturated heterocycles. The van der Waals surface area contributed by atoms with Crippen LogP contribution in [-0.4, -0.2) is 25.4 Å². The van der Waals surface area contributed by atoms with Gasteiger partial charge in [-0.1, -0.05) is 6.07 Å². The lowest BCUT2D eigenvalue weighted by atomic mass is 10.1. The maximum Gasteiger partial charge on any atom is 0.164 e. The Morgan fingerprint density at radius 2 is 2.07 bits per heavy atom. The second kappa shape index (κ2) is 3.72. The third-order valence-electron chi connectivity index (χ3n) is 2.85. The van der Waals surface area contributed by atoms with Crippen molar-refractivity contribution in [2.24, 2.45) is 5.73 Å². The summed E-state index contributed by atoms with van der Waals surface area (Å²) < 4.78 is 10.5. The molecule has 4 heteroatoms. The van der Waals surface area contributed by atoms with Gasteiger partial charge in [0.2, 0.25) is 0 Å². The molecule has 0 saturated carbocycles. The maximum atomic E-state index is 9.81. The fourth-order valence-electron chi connectivity index (χ4n) is 2.07. The molecular weight excluding hydrogens is 194 g/mol. The van der Waals surface area contributed by atoms with Crippen molar-refractivity contribution in [3.05, 3.63) is 23.3 Å². The van der Waals surface area contributed by atoms with Crippen molar-refractivity contribution in [2.75, 3.05) is 14.2 Å². The van der Waals surface area contributed by atoms with Gasteiger partial charge < -0.3 is 20.3 Å². The molecule has 1 aliphatic carbocycles. The number of ether oxygens (including phenoxy) is 2. The van der Waals surface area contributed by atoms with E-state index in [1.165, 1.54) is 0 Å². The second-order valence-corrected chi connectivity index (χ2v) is 3.68. The van der Waals surface area contributed by atoms with Gasteiger partial charge in [0.1, 0.15) is 0 Å². The van der Waals surface area contributed by atoms with Gasteiger partial charge in [-0.15, -0.1) is 0 Å². The molecule has 0 radical (unpaired) electrons. The van der Waals surface area contributed by atoms with Crippen molar-refractivity contribution >= 4 is 0 Å². The summed E-state index contributed by atoms with van der Waals surface area (Å²) >= 11 is 0. The summed E-state index contributed by atoms with van der Waals surface area (Å²) in [5, 5.41) is 9.81. The van der Waals surface area contributed by atoms with E-state index in [2.05, 4.69) is 0 Å². The van der Waals surface area contributed by atoms with Crippen molar-refractivity contribution in [1.29, 1.82) is 0 Å². The van der Waals surface area contributed by atoms with E-state index in [0.29, 0.717) is 17.9 Å². The smallest absolute Gasteiger partial charge is 0.164 e. The summed E-state index contributed by atoms with van der Waals surface area (Å²) in [7, 11) is 3.18. The van der Waals surface area contributed by atoms with Crippen LogP contribution >= 0.6 is 0 Å². The Hall–Kier alpha value is -1.26. The van der Waals surface area contributed by atoms with Crippen LogP contribution < -0.4 is 15.2 Å². The average molecular weight is 209 g/mol. The summed E-state index contributed by atoms with van der Waals surface area (Å²) in [6, 6.07) is 3.38. The minimum Gasteiger partial charge on any atom is -0.493 e. The minimum absolute atomic E-state index is 0.249. The fraction of sp³-hybridized carbons (Fsp3) is 0.455. The van der Waals surface area contributed by atoms with Crippen LogP contribution in [0.4, 0.5) is 0 Å². The fourth-order valence-corrected chi connectivity index (χ4v) is 2.07. The van der Waals surface area contributed by atoms with Crippen molar-refractivity contribution in [3.8, 4) is 11.5 Å². The monoisotopic (exact) mass is 209 g/mol. The van der Waals surface area contributed by atoms with Gasteiger partial charge in [0.05, 0.1) is 20.3 Å². The minimum atomic E-state index is -0.597. The summed E-state index contributed by atoms with van der Waals surface area (Å²) in [4.78, 5) is 0. The highest BCUT2D eigenvalue weighted by Crippen LogP contribution is 2.41. The molecule has 3 N–H and O–H groups in total. The van der Waals surface area contributed by atoms with Crippen LogP contribution in [0.15, 0.2) is 12.1 Å². The normalized spacial score (nSPS) is 23.7. The molecule has 0 aromatic heterocycles. The second-order valence-electron chi connectivity index (χ2n) is 3.68. The zero-order chi connectivity index (χ0) is 11.0. The molecule has 0 spiro atoms. The number of fused-ring (bicyclic) bond motifs is 1. The number of aliphatic hydroxyl groups excluding tert-OH is 1.